The SMILES string of the molecule is C=CCNC(=O)CSc1cc(N2CCCCC2)ncn1. The van der Waals surface area contributed by atoms with Gasteiger partial charge in [-0.2, -0.15) is 0 Å². The second-order valence-electron chi connectivity index (χ2n) is 4.64. The Morgan fingerprint density at radius 2 is 2.20 bits per heavy atom. The van der Waals surface area contributed by atoms with Crippen LogP contribution in [0.15, 0.2) is 30.1 Å². The zero-order valence-electron chi connectivity index (χ0n) is 11.5. The van der Waals surface area contributed by atoms with Crippen molar-refractivity contribution in [1.82, 2.24) is 15.3 Å². The monoisotopic (exact) mass is 292 g/mol. The third-order valence-corrected chi connectivity index (χ3v) is 4.03. The van der Waals surface area contributed by atoms with E-state index in [9.17, 15) is 4.79 Å². The van der Waals surface area contributed by atoms with Crippen LogP contribution in [0.5, 0.6) is 0 Å². The topological polar surface area (TPSA) is 58.1 Å². The van der Waals surface area contributed by atoms with Gasteiger partial charge in [-0.15, -0.1) is 6.58 Å². The number of hydrogen-bond donors (Lipinski definition) is 1. The highest BCUT2D eigenvalue weighted by Crippen LogP contribution is 2.22. The average molecular weight is 292 g/mol. The second-order valence-corrected chi connectivity index (χ2v) is 5.64. The molecule has 6 heteroatoms. The van der Waals surface area contributed by atoms with Gasteiger partial charge in [-0.3, -0.25) is 4.79 Å². The van der Waals surface area contributed by atoms with E-state index in [1.54, 1.807) is 12.4 Å². The third-order valence-electron chi connectivity index (χ3n) is 3.10. The highest BCUT2D eigenvalue weighted by Gasteiger charge is 2.13. The summed E-state index contributed by atoms with van der Waals surface area (Å²) < 4.78 is 0. The van der Waals surface area contributed by atoms with E-state index in [1.165, 1.54) is 31.0 Å². The first-order valence-electron chi connectivity index (χ1n) is 6.87. The lowest BCUT2D eigenvalue weighted by atomic mass is 10.1. The Morgan fingerprint density at radius 3 is 2.95 bits per heavy atom. The number of amides is 1. The average Bonchev–Trinajstić information content (AvgIpc) is 2.52. The summed E-state index contributed by atoms with van der Waals surface area (Å²) in [5.74, 6) is 1.33. The van der Waals surface area contributed by atoms with Gasteiger partial charge in [0.2, 0.25) is 5.91 Å². The number of carbonyl (C=O) groups excluding carboxylic acids is 1. The molecule has 0 spiro atoms. The van der Waals surface area contributed by atoms with E-state index >= 15 is 0 Å². The Kier molecular flexibility index (Phi) is 5.86. The van der Waals surface area contributed by atoms with Gasteiger partial charge in [0.25, 0.3) is 0 Å². The minimum Gasteiger partial charge on any atom is -0.356 e. The molecular formula is C14H20N4OS. The molecule has 0 unspecified atom stereocenters. The van der Waals surface area contributed by atoms with E-state index in [1.807, 2.05) is 6.07 Å². The summed E-state index contributed by atoms with van der Waals surface area (Å²) in [7, 11) is 0. The highest BCUT2D eigenvalue weighted by atomic mass is 32.2. The molecule has 0 bridgehead atoms. The largest absolute Gasteiger partial charge is 0.356 e. The van der Waals surface area contributed by atoms with Crippen LogP contribution in [0, 0.1) is 0 Å². The Labute approximate surface area is 123 Å². The first kappa shape index (κ1) is 14.8. The fourth-order valence-corrected chi connectivity index (χ4v) is 2.77. The predicted octanol–water partition coefficient (Wildman–Crippen LogP) is 1.86. The lowest BCUT2D eigenvalue weighted by molar-refractivity contribution is -0.118. The molecule has 1 fully saturated rings. The van der Waals surface area contributed by atoms with Crippen molar-refractivity contribution in [2.24, 2.45) is 0 Å². The summed E-state index contributed by atoms with van der Waals surface area (Å²) in [6.07, 6.45) is 6.98. The molecule has 0 atom stereocenters. The molecule has 1 aliphatic heterocycles. The van der Waals surface area contributed by atoms with Gasteiger partial charge >= 0.3 is 0 Å². The second kappa shape index (κ2) is 7.89. The van der Waals surface area contributed by atoms with Gasteiger partial charge in [-0.25, -0.2) is 9.97 Å². The molecule has 1 aromatic heterocycles. The van der Waals surface area contributed by atoms with Crippen LogP contribution in [0.4, 0.5) is 5.82 Å². The van der Waals surface area contributed by atoms with Gasteiger partial charge in [-0.1, -0.05) is 17.8 Å². The first-order chi connectivity index (χ1) is 9.79. The molecule has 1 aliphatic rings. The van der Waals surface area contributed by atoms with Gasteiger partial charge in [0.15, 0.2) is 0 Å². The molecule has 1 aromatic rings. The molecule has 1 amide bonds. The van der Waals surface area contributed by atoms with Crippen LogP contribution in [0.25, 0.3) is 0 Å². The molecule has 2 heterocycles. The molecule has 0 aromatic carbocycles. The van der Waals surface area contributed by atoms with Crippen molar-refractivity contribution in [1.29, 1.82) is 0 Å². The minimum atomic E-state index is -0.00645. The smallest absolute Gasteiger partial charge is 0.230 e. The van der Waals surface area contributed by atoms with Gasteiger partial charge < -0.3 is 10.2 Å². The Hall–Kier alpha value is -1.56. The maximum atomic E-state index is 11.5. The lowest BCUT2D eigenvalue weighted by Gasteiger charge is -2.27. The maximum Gasteiger partial charge on any atom is 0.230 e. The van der Waals surface area contributed by atoms with Crippen molar-refractivity contribution in [3.05, 3.63) is 25.0 Å². The maximum absolute atomic E-state index is 11.5. The third kappa shape index (κ3) is 4.52. The zero-order valence-corrected chi connectivity index (χ0v) is 12.4. The number of piperidine rings is 1. The number of nitrogens with one attached hydrogen (secondary N) is 1. The summed E-state index contributed by atoms with van der Waals surface area (Å²) in [6.45, 7) is 6.18. The van der Waals surface area contributed by atoms with Crippen LogP contribution < -0.4 is 10.2 Å². The van der Waals surface area contributed by atoms with Crippen LogP contribution in [0.1, 0.15) is 19.3 Å². The lowest BCUT2D eigenvalue weighted by Crippen LogP contribution is -2.30. The minimum absolute atomic E-state index is 0.00645. The van der Waals surface area contributed by atoms with E-state index in [-0.39, 0.29) is 5.91 Å². The van der Waals surface area contributed by atoms with E-state index in [0.29, 0.717) is 12.3 Å². The van der Waals surface area contributed by atoms with Crippen molar-refractivity contribution in [2.45, 2.75) is 24.3 Å². The Bertz CT molecular complexity index is 460. The van der Waals surface area contributed by atoms with Crippen molar-refractivity contribution in [3.63, 3.8) is 0 Å². The van der Waals surface area contributed by atoms with Crippen molar-refractivity contribution in [2.75, 3.05) is 30.3 Å². The highest BCUT2D eigenvalue weighted by molar-refractivity contribution is 7.99. The molecule has 0 aliphatic carbocycles. The molecule has 108 valence electrons. The van der Waals surface area contributed by atoms with E-state index in [2.05, 4.69) is 26.8 Å². The normalized spacial score (nSPS) is 14.9. The van der Waals surface area contributed by atoms with Crippen molar-refractivity contribution in [3.8, 4) is 0 Å². The quantitative estimate of drug-likeness (QED) is 0.493. The van der Waals surface area contributed by atoms with Crippen LogP contribution in [-0.2, 0) is 4.79 Å². The van der Waals surface area contributed by atoms with E-state index < -0.39 is 0 Å². The van der Waals surface area contributed by atoms with Crippen molar-refractivity contribution >= 4 is 23.5 Å². The summed E-state index contributed by atoms with van der Waals surface area (Å²) in [4.78, 5) is 22.4. The van der Waals surface area contributed by atoms with Crippen LogP contribution in [0.3, 0.4) is 0 Å². The van der Waals surface area contributed by atoms with Crippen LogP contribution in [-0.4, -0.2) is 41.3 Å². The number of carbonyl (C=O) groups is 1. The number of anilines is 1. The number of nitrogens with zero attached hydrogens (tertiary/aromatic N) is 3. The first-order valence-corrected chi connectivity index (χ1v) is 7.85. The molecule has 1 N–H and O–H groups in total. The van der Waals surface area contributed by atoms with Crippen LogP contribution in [0.2, 0.25) is 0 Å². The van der Waals surface area contributed by atoms with E-state index in [4.69, 9.17) is 0 Å². The van der Waals surface area contributed by atoms with Crippen molar-refractivity contribution < 1.29 is 4.79 Å². The number of rotatable bonds is 6. The number of thioether (sulfide) groups is 1. The van der Waals surface area contributed by atoms with Gasteiger partial charge in [-0.05, 0) is 19.3 Å². The van der Waals surface area contributed by atoms with E-state index in [0.717, 1.165) is 23.9 Å². The molecule has 20 heavy (non-hydrogen) atoms. The zero-order chi connectivity index (χ0) is 14.2. The van der Waals surface area contributed by atoms with Gasteiger partial charge in [0.1, 0.15) is 17.2 Å². The number of aromatic nitrogens is 2. The molecular weight excluding hydrogens is 272 g/mol. The summed E-state index contributed by atoms with van der Waals surface area (Å²) in [5.41, 5.74) is 0. The predicted molar refractivity (Wildman–Crippen MR) is 82.0 cm³/mol. The fraction of sp³-hybridized carbons (Fsp3) is 0.500. The Balaban J connectivity index is 1.88. The summed E-state index contributed by atoms with van der Waals surface area (Å²) in [6, 6.07) is 1.97. The standard InChI is InChI=1S/C14H20N4OS/c1-2-6-15-13(19)10-20-14-9-12(16-11-17-14)18-7-4-3-5-8-18/h2,9,11H,1,3-8,10H2,(H,15,19). The molecule has 1 saturated heterocycles. The number of hydrogen-bond acceptors (Lipinski definition) is 5. The van der Waals surface area contributed by atoms with Gasteiger partial charge in [0.05, 0.1) is 5.75 Å². The Morgan fingerprint density at radius 1 is 1.40 bits per heavy atom. The molecule has 2 rings (SSSR count). The summed E-state index contributed by atoms with van der Waals surface area (Å²) in [5, 5.41) is 3.59. The van der Waals surface area contributed by atoms with Crippen LogP contribution >= 0.6 is 11.8 Å². The molecule has 5 nitrogen and oxygen atoms in total. The van der Waals surface area contributed by atoms with Gasteiger partial charge in [0, 0.05) is 25.7 Å². The molecule has 0 radical (unpaired) electrons. The summed E-state index contributed by atoms with van der Waals surface area (Å²) >= 11 is 1.43. The fourth-order valence-electron chi connectivity index (χ4n) is 2.08. The molecule has 0 saturated carbocycles.